The van der Waals surface area contributed by atoms with Crippen LogP contribution in [0.15, 0.2) is 18.2 Å². The molecule has 0 heterocycles. The predicted octanol–water partition coefficient (Wildman–Crippen LogP) is 4.15. The summed E-state index contributed by atoms with van der Waals surface area (Å²) in [4.78, 5) is 12.6. The van der Waals surface area contributed by atoms with Crippen molar-refractivity contribution < 1.29 is 9.90 Å². The molecule has 1 fully saturated rings. The van der Waals surface area contributed by atoms with Gasteiger partial charge in [0, 0.05) is 6.54 Å². The van der Waals surface area contributed by atoms with E-state index < -0.39 is 5.60 Å². The molecule has 1 saturated carbocycles. The van der Waals surface area contributed by atoms with Gasteiger partial charge in [-0.25, -0.2) is 0 Å². The molecule has 1 aromatic rings. The average Bonchev–Trinajstić information content (AvgIpc) is 2.88. The summed E-state index contributed by atoms with van der Waals surface area (Å²) in [7, 11) is 0. The maximum absolute atomic E-state index is 12.6. The van der Waals surface area contributed by atoms with E-state index in [0.29, 0.717) is 16.6 Å². The van der Waals surface area contributed by atoms with Gasteiger partial charge in [0.2, 0.25) is 5.91 Å². The minimum atomic E-state index is -0.741. The first-order valence-corrected chi connectivity index (χ1v) is 8.53. The molecule has 1 unspecified atom stereocenters. The fourth-order valence-corrected chi connectivity index (χ4v) is 3.42. The summed E-state index contributed by atoms with van der Waals surface area (Å²) in [5, 5.41) is 14.2. The Hall–Kier alpha value is -0.770. The first kappa shape index (κ1) is 17.6. The number of hydrogen-bond acceptors (Lipinski definition) is 2. The number of carbonyl (C=O) groups is 1. The van der Waals surface area contributed by atoms with E-state index in [1.807, 2.05) is 19.9 Å². The zero-order valence-electron chi connectivity index (χ0n) is 13.0. The first-order valence-electron chi connectivity index (χ1n) is 7.77. The standard InChI is InChI=1S/C17H23Cl2NO2/c1-11(2)15(12-5-6-13(18)14(19)9-12)16(21)20-10-17(22)7-3-4-8-17/h5-6,9,11,15,22H,3-4,7-8,10H2,1-2H3,(H,20,21). The number of aliphatic hydroxyl groups is 1. The lowest BCUT2D eigenvalue weighted by molar-refractivity contribution is -0.124. The van der Waals surface area contributed by atoms with Crippen LogP contribution in [-0.4, -0.2) is 23.2 Å². The smallest absolute Gasteiger partial charge is 0.227 e. The third-order valence-corrected chi connectivity index (χ3v) is 5.12. The molecule has 0 bridgehead atoms. The maximum atomic E-state index is 12.6. The number of hydrogen-bond donors (Lipinski definition) is 2. The van der Waals surface area contributed by atoms with Crippen molar-refractivity contribution in [3.63, 3.8) is 0 Å². The van der Waals surface area contributed by atoms with Crippen molar-refractivity contribution in [3.05, 3.63) is 33.8 Å². The van der Waals surface area contributed by atoms with E-state index in [4.69, 9.17) is 23.2 Å². The van der Waals surface area contributed by atoms with Crippen LogP contribution in [0.2, 0.25) is 10.0 Å². The lowest BCUT2D eigenvalue weighted by atomic mass is 9.87. The second-order valence-electron chi connectivity index (χ2n) is 6.54. The van der Waals surface area contributed by atoms with Crippen molar-refractivity contribution in [1.82, 2.24) is 5.32 Å². The van der Waals surface area contributed by atoms with Crippen molar-refractivity contribution in [2.45, 2.75) is 51.0 Å². The number of benzene rings is 1. The van der Waals surface area contributed by atoms with Gasteiger partial charge in [-0.15, -0.1) is 0 Å². The van der Waals surface area contributed by atoms with Crippen molar-refractivity contribution in [2.75, 3.05) is 6.54 Å². The van der Waals surface area contributed by atoms with Gasteiger partial charge in [-0.1, -0.05) is 56.0 Å². The molecule has 2 N–H and O–H groups in total. The summed E-state index contributed by atoms with van der Waals surface area (Å²) >= 11 is 12.0. The lowest BCUT2D eigenvalue weighted by Gasteiger charge is -2.26. The molecule has 1 aliphatic rings. The molecule has 0 spiro atoms. The van der Waals surface area contributed by atoms with Gasteiger partial charge >= 0.3 is 0 Å². The summed E-state index contributed by atoms with van der Waals surface area (Å²) in [5.41, 5.74) is 0.106. The minimum absolute atomic E-state index is 0.0753. The van der Waals surface area contributed by atoms with Crippen LogP contribution < -0.4 is 5.32 Å². The van der Waals surface area contributed by atoms with Gasteiger partial charge in [0.25, 0.3) is 0 Å². The molecule has 2 rings (SSSR count). The van der Waals surface area contributed by atoms with Crippen LogP contribution in [0.5, 0.6) is 0 Å². The normalized spacial score (nSPS) is 18.5. The third kappa shape index (κ3) is 4.15. The highest BCUT2D eigenvalue weighted by Gasteiger charge is 2.33. The van der Waals surface area contributed by atoms with Gasteiger partial charge in [0.05, 0.1) is 21.6 Å². The molecule has 0 aromatic heterocycles. The molecule has 1 aromatic carbocycles. The third-order valence-electron chi connectivity index (χ3n) is 4.38. The van der Waals surface area contributed by atoms with Crippen LogP contribution in [0.4, 0.5) is 0 Å². The number of halogens is 2. The second-order valence-corrected chi connectivity index (χ2v) is 7.36. The molecule has 0 saturated heterocycles. The van der Waals surface area contributed by atoms with Crippen LogP contribution in [0.25, 0.3) is 0 Å². The van der Waals surface area contributed by atoms with Gasteiger partial charge in [-0.05, 0) is 36.5 Å². The summed E-state index contributed by atoms with van der Waals surface area (Å²) < 4.78 is 0. The minimum Gasteiger partial charge on any atom is -0.388 e. The Balaban J connectivity index is 2.09. The molecule has 0 radical (unpaired) electrons. The quantitative estimate of drug-likeness (QED) is 0.843. The highest BCUT2D eigenvalue weighted by Crippen LogP contribution is 2.32. The van der Waals surface area contributed by atoms with E-state index in [0.717, 1.165) is 31.2 Å². The van der Waals surface area contributed by atoms with Crippen LogP contribution in [0.1, 0.15) is 51.0 Å². The number of nitrogens with one attached hydrogen (secondary N) is 1. The molecular weight excluding hydrogens is 321 g/mol. The van der Waals surface area contributed by atoms with Crippen molar-refractivity contribution in [2.24, 2.45) is 5.92 Å². The van der Waals surface area contributed by atoms with Gasteiger partial charge in [0.1, 0.15) is 0 Å². The summed E-state index contributed by atoms with van der Waals surface area (Å²) in [5.74, 6) is -0.260. The van der Waals surface area contributed by atoms with E-state index in [2.05, 4.69) is 5.32 Å². The summed E-state index contributed by atoms with van der Waals surface area (Å²) in [6.07, 6.45) is 3.55. The van der Waals surface area contributed by atoms with Crippen LogP contribution in [0, 0.1) is 5.92 Å². The van der Waals surface area contributed by atoms with E-state index in [9.17, 15) is 9.90 Å². The average molecular weight is 344 g/mol. The molecule has 5 heteroatoms. The predicted molar refractivity (Wildman–Crippen MR) is 90.5 cm³/mol. The van der Waals surface area contributed by atoms with Crippen LogP contribution in [-0.2, 0) is 4.79 Å². The molecule has 3 nitrogen and oxygen atoms in total. The van der Waals surface area contributed by atoms with E-state index in [1.54, 1.807) is 12.1 Å². The number of rotatable bonds is 5. The van der Waals surface area contributed by atoms with E-state index >= 15 is 0 Å². The first-order chi connectivity index (χ1) is 10.3. The Labute approximate surface area is 142 Å². The second kappa shape index (κ2) is 7.20. The van der Waals surface area contributed by atoms with Crippen molar-refractivity contribution in [3.8, 4) is 0 Å². The van der Waals surface area contributed by atoms with Crippen LogP contribution in [0.3, 0.4) is 0 Å². The van der Waals surface area contributed by atoms with Gasteiger partial charge in [0.15, 0.2) is 0 Å². The van der Waals surface area contributed by atoms with Crippen LogP contribution >= 0.6 is 23.2 Å². The monoisotopic (exact) mass is 343 g/mol. The Kier molecular flexibility index (Phi) is 5.76. The topological polar surface area (TPSA) is 49.3 Å². The SMILES string of the molecule is CC(C)C(C(=O)NCC1(O)CCCC1)c1ccc(Cl)c(Cl)c1. The Bertz CT molecular complexity index is 539. The maximum Gasteiger partial charge on any atom is 0.227 e. The molecule has 1 aliphatic carbocycles. The van der Waals surface area contributed by atoms with E-state index in [-0.39, 0.29) is 17.7 Å². The van der Waals surface area contributed by atoms with Crippen molar-refractivity contribution in [1.29, 1.82) is 0 Å². The largest absolute Gasteiger partial charge is 0.388 e. The fraction of sp³-hybridized carbons (Fsp3) is 0.588. The molecule has 1 atom stereocenters. The Morgan fingerprint density at radius 3 is 2.45 bits per heavy atom. The zero-order valence-corrected chi connectivity index (χ0v) is 14.5. The van der Waals surface area contributed by atoms with Crippen molar-refractivity contribution >= 4 is 29.1 Å². The Morgan fingerprint density at radius 1 is 1.27 bits per heavy atom. The highest BCUT2D eigenvalue weighted by atomic mass is 35.5. The molecule has 122 valence electrons. The summed E-state index contributed by atoms with van der Waals surface area (Å²) in [6, 6.07) is 5.30. The lowest BCUT2D eigenvalue weighted by Crippen LogP contribution is -2.43. The Morgan fingerprint density at radius 2 is 1.91 bits per heavy atom. The number of amides is 1. The fourth-order valence-electron chi connectivity index (χ4n) is 3.12. The highest BCUT2D eigenvalue weighted by molar-refractivity contribution is 6.42. The van der Waals surface area contributed by atoms with Gasteiger partial charge < -0.3 is 10.4 Å². The summed E-state index contributed by atoms with van der Waals surface area (Å²) in [6.45, 7) is 4.31. The molecule has 22 heavy (non-hydrogen) atoms. The zero-order chi connectivity index (χ0) is 16.3. The number of carbonyl (C=O) groups excluding carboxylic acids is 1. The van der Waals surface area contributed by atoms with Gasteiger partial charge in [-0.3, -0.25) is 4.79 Å². The molecular formula is C17H23Cl2NO2. The molecule has 1 amide bonds. The van der Waals surface area contributed by atoms with Gasteiger partial charge in [-0.2, -0.15) is 0 Å². The van der Waals surface area contributed by atoms with E-state index in [1.165, 1.54) is 0 Å². The molecule has 0 aliphatic heterocycles.